The molecule has 1 spiro atoms. The molecule has 250 valence electrons. The van der Waals surface area contributed by atoms with Crippen LogP contribution in [0.5, 0.6) is 5.75 Å². The molecule has 1 fully saturated rings. The molecule has 0 saturated heterocycles. The standard InChI is InChI=1S/C36H47ClN2O6S/c1-23(2)44-22-36(41)16-5-7-24(3)25(4)46(42,43)38-34(40)27-10-14-33-32(18-27)39(19-28-9-12-31(28)36)20-35(21-45-33)15-6-8-26-17-29(37)11-13-30(26)35/h5,10-11,13-14,16-18,23-25,28,31,41H,6-9,12,15,19-22H2,1-4H3,(H,38,40)/b16-5+/t24-,25+,28-,31+,35-,36-/m0/s1. The highest BCUT2D eigenvalue weighted by molar-refractivity contribution is 7.90. The maximum absolute atomic E-state index is 13.5. The van der Waals surface area contributed by atoms with Crippen molar-refractivity contribution in [3.8, 4) is 5.75 Å². The molecule has 8 nitrogen and oxygen atoms in total. The van der Waals surface area contributed by atoms with E-state index < -0.39 is 26.8 Å². The molecule has 6 atom stereocenters. The molecule has 6 rings (SSSR count). The zero-order chi connectivity index (χ0) is 32.9. The van der Waals surface area contributed by atoms with Crippen LogP contribution in [0, 0.1) is 17.8 Å². The Balaban J connectivity index is 1.44. The summed E-state index contributed by atoms with van der Waals surface area (Å²) in [7, 11) is -3.97. The minimum Gasteiger partial charge on any atom is -0.490 e. The average molecular weight is 671 g/mol. The summed E-state index contributed by atoms with van der Waals surface area (Å²) >= 11 is 6.43. The van der Waals surface area contributed by atoms with Crippen LogP contribution < -0.4 is 14.4 Å². The number of amides is 1. The molecule has 2 bridgehead atoms. The molecule has 0 unspecified atom stereocenters. The van der Waals surface area contributed by atoms with Crippen molar-refractivity contribution in [2.24, 2.45) is 17.8 Å². The van der Waals surface area contributed by atoms with Crippen LogP contribution in [0.15, 0.2) is 48.6 Å². The van der Waals surface area contributed by atoms with E-state index in [-0.39, 0.29) is 41.4 Å². The summed E-state index contributed by atoms with van der Waals surface area (Å²) in [6, 6.07) is 11.4. The van der Waals surface area contributed by atoms with Gasteiger partial charge in [-0.25, -0.2) is 13.1 Å². The fourth-order valence-electron chi connectivity index (χ4n) is 7.83. The number of aryl methyl sites for hydroxylation is 1. The number of nitrogens with zero attached hydrogens (tertiary/aromatic N) is 1. The Morgan fingerprint density at radius 2 is 1.98 bits per heavy atom. The number of carbonyl (C=O) groups excluding carboxylic acids is 1. The van der Waals surface area contributed by atoms with Crippen LogP contribution >= 0.6 is 11.6 Å². The molecule has 1 amide bonds. The number of hydrogen-bond acceptors (Lipinski definition) is 7. The van der Waals surface area contributed by atoms with Gasteiger partial charge in [0, 0.05) is 29.1 Å². The molecule has 2 aliphatic heterocycles. The molecule has 1 saturated carbocycles. The van der Waals surface area contributed by atoms with Crippen molar-refractivity contribution < 1.29 is 27.8 Å². The largest absolute Gasteiger partial charge is 0.490 e. The summed E-state index contributed by atoms with van der Waals surface area (Å²) in [5.74, 6) is -0.150. The van der Waals surface area contributed by atoms with Crippen LogP contribution in [0.4, 0.5) is 5.69 Å². The highest BCUT2D eigenvalue weighted by Gasteiger charge is 2.48. The Kier molecular flexibility index (Phi) is 9.26. The van der Waals surface area contributed by atoms with Crippen LogP contribution in [-0.2, 0) is 26.6 Å². The summed E-state index contributed by atoms with van der Waals surface area (Å²) in [6.07, 6.45) is 8.85. The van der Waals surface area contributed by atoms with Crippen LogP contribution in [0.1, 0.15) is 81.3 Å². The lowest BCUT2D eigenvalue weighted by atomic mass is 9.64. The lowest BCUT2D eigenvalue weighted by Gasteiger charge is -2.49. The summed E-state index contributed by atoms with van der Waals surface area (Å²) in [5, 5.41) is 12.1. The van der Waals surface area contributed by atoms with Crippen molar-refractivity contribution in [1.29, 1.82) is 0 Å². The van der Waals surface area contributed by atoms with Gasteiger partial charge in [-0.3, -0.25) is 4.79 Å². The van der Waals surface area contributed by atoms with Crippen LogP contribution in [0.3, 0.4) is 0 Å². The van der Waals surface area contributed by atoms with Gasteiger partial charge in [0.2, 0.25) is 10.0 Å². The zero-order valence-electron chi connectivity index (χ0n) is 27.3. The maximum Gasteiger partial charge on any atom is 0.264 e. The Bertz CT molecular complexity index is 1610. The molecule has 2 aromatic rings. The first-order chi connectivity index (χ1) is 21.8. The summed E-state index contributed by atoms with van der Waals surface area (Å²) in [5.41, 5.74) is 2.01. The predicted octanol–water partition coefficient (Wildman–Crippen LogP) is 6.04. The molecule has 46 heavy (non-hydrogen) atoms. The summed E-state index contributed by atoms with van der Waals surface area (Å²) in [6.45, 7) is 9.35. The molecule has 0 aromatic heterocycles. The smallest absolute Gasteiger partial charge is 0.264 e. The fraction of sp³-hybridized carbons (Fsp3) is 0.583. The van der Waals surface area contributed by atoms with Gasteiger partial charge in [0.1, 0.15) is 11.4 Å². The lowest BCUT2D eigenvalue weighted by Crippen LogP contribution is -2.54. The van der Waals surface area contributed by atoms with E-state index in [0.717, 1.165) is 42.8 Å². The van der Waals surface area contributed by atoms with Crippen molar-refractivity contribution >= 4 is 33.2 Å². The number of rotatable bonds is 3. The Labute approximate surface area is 278 Å². The van der Waals surface area contributed by atoms with Gasteiger partial charge < -0.3 is 19.5 Å². The monoisotopic (exact) mass is 670 g/mol. The van der Waals surface area contributed by atoms with Crippen LogP contribution in [0.25, 0.3) is 0 Å². The van der Waals surface area contributed by atoms with Gasteiger partial charge in [-0.1, -0.05) is 36.7 Å². The number of nitrogens with one attached hydrogen (secondary N) is 1. The number of ether oxygens (including phenoxy) is 2. The highest BCUT2D eigenvalue weighted by Crippen LogP contribution is 2.48. The molecule has 2 aliphatic carbocycles. The van der Waals surface area contributed by atoms with E-state index in [0.29, 0.717) is 31.9 Å². The number of aliphatic hydroxyl groups is 1. The first-order valence-corrected chi connectivity index (χ1v) is 18.6. The number of halogens is 1. The molecule has 4 aliphatic rings. The number of anilines is 1. The summed E-state index contributed by atoms with van der Waals surface area (Å²) < 4.78 is 41.6. The van der Waals surface area contributed by atoms with Crippen molar-refractivity contribution in [2.45, 2.75) is 88.6 Å². The number of sulfonamides is 1. The minimum atomic E-state index is -3.97. The molecule has 0 radical (unpaired) electrons. The molecule has 2 N–H and O–H groups in total. The predicted molar refractivity (Wildman–Crippen MR) is 181 cm³/mol. The van der Waals surface area contributed by atoms with E-state index in [1.165, 1.54) is 11.1 Å². The van der Waals surface area contributed by atoms with E-state index in [1.807, 2.05) is 39.0 Å². The van der Waals surface area contributed by atoms with Gasteiger partial charge in [0.15, 0.2) is 0 Å². The van der Waals surface area contributed by atoms with Crippen LogP contribution in [0.2, 0.25) is 5.02 Å². The van der Waals surface area contributed by atoms with Crippen LogP contribution in [-0.4, -0.2) is 62.7 Å². The number of fused-ring (bicyclic) bond motifs is 4. The topological polar surface area (TPSA) is 105 Å². The van der Waals surface area contributed by atoms with Gasteiger partial charge >= 0.3 is 0 Å². The van der Waals surface area contributed by atoms with Gasteiger partial charge in [0.25, 0.3) is 5.91 Å². The zero-order valence-corrected chi connectivity index (χ0v) is 28.9. The van der Waals surface area contributed by atoms with Crippen molar-refractivity contribution in [2.75, 3.05) is 31.2 Å². The number of carbonyl (C=O) groups is 1. The Morgan fingerprint density at radius 1 is 1.17 bits per heavy atom. The maximum atomic E-state index is 13.5. The van der Waals surface area contributed by atoms with E-state index in [4.69, 9.17) is 21.1 Å². The number of allylic oxidation sites excluding steroid dienone is 1. The van der Waals surface area contributed by atoms with Gasteiger partial charge in [-0.2, -0.15) is 0 Å². The normalized spacial score (nSPS) is 33.2. The third kappa shape index (κ3) is 6.45. The van der Waals surface area contributed by atoms with E-state index >= 15 is 0 Å². The second-order valence-electron chi connectivity index (χ2n) is 14.4. The molecule has 10 heteroatoms. The third-order valence-electron chi connectivity index (χ3n) is 10.9. The van der Waals surface area contributed by atoms with E-state index in [9.17, 15) is 18.3 Å². The lowest BCUT2D eigenvalue weighted by molar-refractivity contribution is -0.106. The quantitative estimate of drug-likeness (QED) is 0.384. The van der Waals surface area contributed by atoms with E-state index in [1.54, 1.807) is 25.1 Å². The van der Waals surface area contributed by atoms with Crippen molar-refractivity contribution in [3.05, 3.63) is 70.3 Å². The van der Waals surface area contributed by atoms with Crippen molar-refractivity contribution in [3.63, 3.8) is 0 Å². The average Bonchev–Trinajstić information content (AvgIpc) is 3.14. The first-order valence-electron chi connectivity index (χ1n) is 16.7. The molecule has 2 aromatic carbocycles. The second kappa shape index (κ2) is 12.8. The molecular formula is C36H47ClN2O6S. The van der Waals surface area contributed by atoms with Gasteiger partial charge in [-0.15, -0.1) is 0 Å². The van der Waals surface area contributed by atoms with E-state index in [2.05, 4.69) is 21.8 Å². The third-order valence-corrected chi connectivity index (χ3v) is 13.1. The SMILES string of the molecule is CC(C)OC[C@@]1(O)/C=C/C[C@H](C)[C@@H](C)S(=O)(=O)NC(=O)c2ccc3c(c2)N(C[C@@H]2CC[C@H]21)C[C@@]1(CCCc2cc(Cl)ccc21)CO3. The number of benzene rings is 2. The molecule has 2 heterocycles. The first kappa shape index (κ1) is 33.3. The Hall–Kier alpha value is -2.59. The van der Waals surface area contributed by atoms with Gasteiger partial charge in [-0.05, 0) is 119 Å². The second-order valence-corrected chi connectivity index (χ2v) is 16.9. The fourth-order valence-corrected chi connectivity index (χ4v) is 9.31. The minimum absolute atomic E-state index is 0.0423. The van der Waals surface area contributed by atoms with Gasteiger partial charge in [0.05, 0.1) is 30.3 Å². The summed E-state index contributed by atoms with van der Waals surface area (Å²) in [4.78, 5) is 15.8. The molecular weight excluding hydrogens is 624 g/mol. The number of hydrogen-bond donors (Lipinski definition) is 2. The highest BCUT2D eigenvalue weighted by atomic mass is 35.5. The Morgan fingerprint density at radius 3 is 2.72 bits per heavy atom. The van der Waals surface area contributed by atoms with Crippen molar-refractivity contribution in [1.82, 2.24) is 4.72 Å².